The lowest BCUT2D eigenvalue weighted by Crippen LogP contribution is -2.28. The zero-order chi connectivity index (χ0) is 25.1. The fraction of sp³-hybridized carbons (Fsp3) is 0.154. The minimum Gasteiger partial charge on any atom is -0.462 e. The molecular formula is C26H22FN3O5. The highest BCUT2D eigenvalue weighted by molar-refractivity contribution is 6.01. The summed E-state index contributed by atoms with van der Waals surface area (Å²) < 4.78 is 25.3. The van der Waals surface area contributed by atoms with Crippen molar-refractivity contribution >= 4 is 28.7 Å². The van der Waals surface area contributed by atoms with Gasteiger partial charge < -0.3 is 19.8 Å². The predicted octanol–water partition coefficient (Wildman–Crippen LogP) is 3.64. The van der Waals surface area contributed by atoms with Crippen LogP contribution in [0.2, 0.25) is 0 Å². The Morgan fingerprint density at radius 2 is 1.83 bits per heavy atom. The number of benzene rings is 2. The van der Waals surface area contributed by atoms with Gasteiger partial charge in [0.1, 0.15) is 11.3 Å². The van der Waals surface area contributed by atoms with Gasteiger partial charge in [-0.15, -0.1) is 0 Å². The second-order valence-electron chi connectivity index (χ2n) is 7.78. The summed E-state index contributed by atoms with van der Waals surface area (Å²) in [7, 11) is 1.48. The van der Waals surface area contributed by atoms with Crippen LogP contribution in [0.1, 0.15) is 38.8 Å². The minimum atomic E-state index is -0.921. The maximum Gasteiger partial charge on any atom is 0.347 e. The summed E-state index contributed by atoms with van der Waals surface area (Å²) in [6.07, 6.45) is 1.84. The van der Waals surface area contributed by atoms with Crippen LogP contribution in [0.15, 0.2) is 65.6 Å². The van der Waals surface area contributed by atoms with Gasteiger partial charge in [-0.25, -0.2) is 14.0 Å². The quantitative estimate of drug-likeness (QED) is 0.335. The standard InChI is InChI=1S/C26H22FN3O5/c1-3-34-26(33)21-23(35-25(32)16-7-5-4-6-8-16)22-20(30(2)24(21)31)12-15(14-29-22)11-17-9-10-18(27)13-19(17)28/h4-10,12-14H,3,11,28H2,1-2H3. The normalized spacial score (nSPS) is 10.8. The van der Waals surface area contributed by atoms with E-state index in [4.69, 9.17) is 15.2 Å². The minimum absolute atomic E-state index is 0.0254. The van der Waals surface area contributed by atoms with Crippen LogP contribution < -0.4 is 16.0 Å². The first kappa shape index (κ1) is 23.6. The molecule has 8 nitrogen and oxygen atoms in total. The Bertz CT molecular complexity index is 1500. The number of anilines is 1. The fourth-order valence-electron chi connectivity index (χ4n) is 3.67. The van der Waals surface area contributed by atoms with Gasteiger partial charge in [-0.2, -0.15) is 0 Å². The van der Waals surface area contributed by atoms with E-state index < -0.39 is 28.9 Å². The first-order valence-corrected chi connectivity index (χ1v) is 10.8. The summed E-state index contributed by atoms with van der Waals surface area (Å²) >= 11 is 0. The molecule has 0 bridgehead atoms. The van der Waals surface area contributed by atoms with Gasteiger partial charge in [0, 0.05) is 25.4 Å². The highest BCUT2D eigenvalue weighted by atomic mass is 19.1. The molecular weight excluding hydrogens is 453 g/mol. The van der Waals surface area contributed by atoms with Crippen molar-refractivity contribution in [3.05, 3.63) is 99.2 Å². The Morgan fingerprint density at radius 3 is 2.51 bits per heavy atom. The SMILES string of the molecule is CCOC(=O)c1c(OC(=O)c2ccccc2)c2ncc(Cc3ccc(F)cc3N)cc2n(C)c1=O. The zero-order valence-corrected chi connectivity index (χ0v) is 19.1. The van der Waals surface area contributed by atoms with Crippen molar-refractivity contribution in [1.82, 2.24) is 9.55 Å². The number of esters is 2. The molecule has 0 radical (unpaired) electrons. The molecule has 0 aliphatic rings. The lowest BCUT2D eigenvalue weighted by Gasteiger charge is -2.15. The molecule has 0 amide bonds. The Hall–Kier alpha value is -4.53. The van der Waals surface area contributed by atoms with E-state index in [9.17, 15) is 18.8 Å². The van der Waals surface area contributed by atoms with Gasteiger partial charge in [0.2, 0.25) is 0 Å². The number of halogens is 1. The van der Waals surface area contributed by atoms with Crippen LogP contribution in [0, 0.1) is 5.82 Å². The summed E-state index contributed by atoms with van der Waals surface area (Å²) in [5.41, 5.74) is 7.14. The lowest BCUT2D eigenvalue weighted by atomic mass is 10.0. The van der Waals surface area contributed by atoms with Gasteiger partial charge in [0.25, 0.3) is 5.56 Å². The number of hydrogen-bond donors (Lipinski definition) is 1. The van der Waals surface area contributed by atoms with E-state index in [0.29, 0.717) is 23.1 Å². The highest BCUT2D eigenvalue weighted by Gasteiger charge is 2.27. The van der Waals surface area contributed by atoms with Crippen molar-refractivity contribution in [1.29, 1.82) is 0 Å². The number of carbonyl (C=O) groups is 2. The van der Waals surface area contributed by atoms with E-state index >= 15 is 0 Å². The molecule has 0 atom stereocenters. The maximum absolute atomic E-state index is 13.4. The third-order valence-electron chi connectivity index (χ3n) is 5.43. The van der Waals surface area contributed by atoms with Crippen molar-refractivity contribution in [3.8, 4) is 5.75 Å². The summed E-state index contributed by atoms with van der Waals surface area (Å²) in [6.45, 7) is 1.63. The maximum atomic E-state index is 13.4. The van der Waals surface area contributed by atoms with Crippen LogP contribution in [0.4, 0.5) is 10.1 Å². The first-order chi connectivity index (χ1) is 16.8. The average molecular weight is 475 g/mol. The number of fused-ring (bicyclic) bond motifs is 1. The van der Waals surface area contributed by atoms with Gasteiger partial charge in [-0.05, 0) is 48.4 Å². The van der Waals surface area contributed by atoms with Gasteiger partial charge in [0.05, 0.1) is 17.7 Å². The monoisotopic (exact) mass is 475 g/mol. The first-order valence-electron chi connectivity index (χ1n) is 10.8. The zero-order valence-electron chi connectivity index (χ0n) is 19.1. The van der Waals surface area contributed by atoms with Gasteiger partial charge in [-0.3, -0.25) is 9.78 Å². The number of nitrogen functional groups attached to an aromatic ring is 1. The summed E-state index contributed by atoms with van der Waals surface area (Å²) in [5, 5.41) is 0. The smallest absolute Gasteiger partial charge is 0.347 e. The summed E-state index contributed by atoms with van der Waals surface area (Å²) in [5.74, 6) is -2.39. The predicted molar refractivity (Wildman–Crippen MR) is 128 cm³/mol. The van der Waals surface area contributed by atoms with Crippen LogP contribution >= 0.6 is 0 Å². The molecule has 0 aliphatic carbocycles. The third-order valence-corrected chi connectivity index (χ3v) is 5.43. The molecule has 178 valence electrons. The van der Waals surface area contributed by atoms with Gasteiger partial charge in [-0.1, -0.05) is 24.3 Å². The van der Waals surface area contributed by atoms with E-state index in [2.05, 4.69) is 4.98 Å². The van der Waals surface area contributed by atoms with E-state index in [1.807, 2.05) is 0 Å². The van der Waals surface area contributed by atoms with Crippen molar-refractivity contribution < 1.29 is 23.5 Å². The molecule has 0 spiro atoms. The van der Waals surface area contributed by atoms with Crippen LogP contribution in [-0.2, 0) is 18.2 Å². The van der Waals surface area contributed by atoms with Crippen LogP contribution in [-0.4, -0.2) is 28.1 Å². The molecule has 0 unspecified atom stereocenters. The number of rotatable bonds is 6. The number of ether oxygens (including phenoxy) is 2. The van der Waals surface area contributed by atoms with E-state index in [1.165, 1.54) is 29.9 Å². The number of carbonyl (C=O) groups excluding carboxylic acids is 2. The molecule has 0 aliphatic heterocycles. The van der Waals surface area contributed by atoms with Crippen molar-refractivity contribution in [2.75, 3.05) is 12.3 Å². The Balaban J connectivity index is 1.86. The Kier molecular flexibility index (Phi) is 6.59. The molecule has 35 heavy (non-hydrogen) atoms. The average Bonchev–Trinajstić information content (AvgIpc) is 2.85. The van der Waals surface area contributed by atoms with Crippen LogP contribution in [0.3, 0.4) is 0 Å². The molecule has 0 saturated heterocycles. The highest BCUT2D eigenvalue weighted by Crippen LogP contribution is 2.29. The second-order valence-corrected chi connectivity index (χ2v) is 7.78. The molecule has 4 rings (SSSR count). The molecule has 0 fully saturated rings. The number of aromatic nitrogens is 2. The third kappa shape index (κ3) is 4.74. The Morgan fingerprint density at radius 1 is 1.09 bits per heavy atom. The van der Waals surface area contributed by atoms with Crippen molar-refractivity contribution in [2.45, 2.75) is 13.3 Å². The number of nitrogens with two attached hydrogens (primary N) is 1. The largest absolute Gasteiger partial charge is 0.462 e. The lowest BCUT2D eigenvalue weighted by molar-refractivity contribution is 0.0518. The van der Waals surface area contributed by atoms with Gasteiger partial charge in [0.15, 0.2) is 11.3 Å². The number of pyridine rings is 2. The van der Waals surface area contributed by atoms with E-state index in [-0.39, 0.29) is 29.1 Å². The molecule has 4 aromatic rings. The molecule has 9 heteroatoms. The molecule has 2 N–H and O–H groups in total. The number of aryl methyl sites for hydroxylation is 1. The summed E-state index contributed by atoms with van der Waals surface area (Å²) in [6, 6.07) is 14.0. The molecule has 2 aromatic heterocycles. The molecule has 0 saturated carbocycles. The van der Waals surface area contributed by atoms with Crippen molar-refractivity contribution in [3.63, 3.8) is 0 Å². The van der Waals surface area contributed by atoms with Gasteiger partial charge >= 0.3 is 11.9 Å². The Labute approximate surface area is 199 Å². The number of nitrogens with zero attached hydrogens (tertiary/aromatic N) is 2. The van der Waals surface area contributed by atoms with E-state index in [1.54, 1.807) is 49.4 Å². The fourth-order valence-corrected chi connectivity index (χ4v) is 3.67. The van der Waals surface area contributed by atoms with Crippen LogP contribution in [0.25, 0.3) is 11.0 Å². The molecule has 2 heterocycles. The second kappa shape index (κ2) is 9.76. The summed E-state index contributed by atoms with van der Waals surface area (Å²) in [4.78, 5) is 43.1. The molecule has 2 aromatic carbocycles. The van der Waals surface area contributed by atoms with Crippen LogP contribution in [0.5, 0.6) is 5.75 Å². The van der Waals surface area contributed by atoms with Crippen molar-refractivity contribution in [2.24, 2.45) is 7.05 Å². The number of hydrogen-bond acceptors (Lipinski definition) is 7. The van der Waals surface area contributed by atoms with E-state index in [0.717, 1.165) is 0 Å². The topological polar surface area (TPSA) is 114 Å².